The van der Waals surface area contributed by atoms with Crippen molar-refractivity contribution in [3.8, 4) is 0 Å². The van der Waals surface area contributed by atoms with Crippen molar-refractivity contribution < 1.29 is 29.6 Å². The first-order chi connectivity index (χ1) is 12.9. The molecule has 0 heterocycles. The zero-order valence-corrected chi connectivity index (χ0v) is 16.7. The van der Waals surface area contributed by atoms with E-state index in [0.29, 0.717) is 32.1 Å². The number of methoxy groups -OCH3 is 1. The van der Waals surface area contributed by atoms with Gasteiger partial charge in [0, 0.05) is 18.8 Å². The van der Waals surface area contributed by atoms with Gasteiger partial charge in [0.25, 0.3) is 0 Å². The largest absolute Gasteiger partial charge is 0.469 e. The van der Waals surface area contributed by atoms with Gasteiger partial charge in [-0.3, -0.25) is 9.59 Å². The number of aliphatic hydroxyl groups is 3. The van der Waals surface area contributed by atoms with Crippen molar-refractivity contribution in [3.63, 3.8) is 0 Å². The summed E-state index contributed by atoms with van der Waals surface area (Å²) in [5.74, 6) is -1.45. The van der Waals surface area contributed by atoms with E-state index in [0.717, 1.165) is 25.7 Å². The molecule has 3 N–H and O–H groups in total. The molecule has 6 nitrogen and oxygen atoms in total. The topological polar surface area (TPSA) is 104 Å². The van der Waals surface area contributed by atoms with Crippen LogP contribution >= 0.6 is 0 Å². The van der Waals surface area contributed by atoms with E-state index in [9.17, 15) is 24.9 Å². The van der Waals surface area contributed by atoms with Gasteiger partial charge in [0.1, 0.15) is 5.78 Å². The van der Waals surface area contributed by atoms with E-state index < -0.39 is 30.1 Å². The minimum Gasteiger partial charge on any atom is -0.469 e. The first-order valence-electron chi connectivity index (χ1n) is 10.2. The first kappa shape index (κ1) is 23.8. The molecule has 0 amide bonds. The minimum atomic E-state index is -0.820. The average Bonchev–Trinajstić information content (AvgIpc) is 2.92. The molecular weight excluding hydrogens is 348 g/mol. The number of carbonyl (C=O) groups is 2. The smallest absolute Gasteiger partial charge is 0.305 e. The molecule has 6 heteroatoms. The monoisotopic (exact) mass is 384 g/mol. The van der Waals surface area contributed by atoms with Crippen LogP contribution in [-0.2, 0) is 14.3 Å². The van der Waals surface area contributed by atoms with Gasteiger partial charge in [-0.2, -0.15) is 0 Å². The SMILES string of the molecule is CCCCCC(O)C=C[C@H]1C(O)CC(=O)[C@@H]1C(O)CCCCCC(=O)OC. The average molecular weight is 385 g/mol. The highest BCUT2D eigenvalue weighted by Gasteiger charge is 2.43. The summed E-state index contributed by atoms with van der Waals surface area (Å²) in [6, 6.07) is 0. The van der Waals surface area contributed by atoms with E-state index in [4.69, 9.17) is 0 Å². The number of ether oxygens (including phenoxy) is 1. The number of hydrogen-bond donors (Lipinski definition) is 3. The molecule has 1 fully saturated rings. The van der Waals surface area contributed by atoms with Gasteiger partial charge >= 0.3 is 5.97 Å². The Bertz CT molecular complexity index is 475. The van der Waals surface area contributed by atoms with Crippen LogP contribution in [0.4, 0.5) is 0 Å². The number of esters is 1. The summed E-state index contributed by atoms with van der Waals surface area (Å²) in [5, 5.41) is 30.7. The lowest BCUT2D eigenvalue weighted by Gasteiger charge is -2.23. The Balaban J connectivity index is 2.49. The molecule has 3 unspecified atom stereocenters. The number of carbonyl (C=O) groups excluding carboxylic acids is 2. The third-order valence-electron chi connectivity index (χ3n) is 5.32. The van der Waals surface area contributed by atoms with E-state index in [1.807, 2.05) is 0 Å². The predicted octanol–water partition coefficient (Wildman–Crippen LogP) is 2.53. The van der Waals surface area contributed by atoms with Gasteiger partial charge < -0.3 is 20.1 Å². The summed E-state index contributed by atoms with van der Waals surface area (Å²) in [5.41, 5.74) is 0. The highest BCUT2D eigenvalue weighted by atomic mass is 16.5. The summed E-state index contributed by atoms with van der Waals surface area (Å²) < 4.78 is 4.59. The standard InChI is InChI=1S/C21H36O6/c1-3-4-6-9-15(22)12-13-16-18(24)14-19(25)21(16)17(23)10-7-5-8-11-20(26)27-2/h12-13,15-18,21-24H,3-11,14H2,1-2H3/t15?,16-,17?,18?,21-/m0/s1. The summed E-state index contributed by atoms with van der Waals surface area (Å²) in [4.78, 5) is 23.3. The van der Waals surface area contributed by atoms with Crippen molar-refractivity contribution in [1.82, 2.24) is 0 Å². The molecular formula is C21H36O6. The second-order valence-corrected chi connectivity index (χ2v) is 7.53. The van der Waals surface area contributed by atoms with Gasteiger partial charge in [0.05, 0.1) is 31.3 Å². The number of unbranched alkanes of at least 4 members (excludes halogenated alkanes) is 4. The molecule has 0 aliphatic heterocycles. The maximum Gasteiger partial charge on any atom is 0.305 e. The van der Waals surface area contributed by atoms with E-state index in [-0.39, 0.29) is 18.2 Å². The number of Topliss-reactive ketones (excluding diaryl/α,β-unsaturated/α-hetero) is 1. The van der Waals surface area contributed by atoms with Crippen LogP contribution in [0.2, 0.25) is 0 Å². The zero-order valence-electron chi connectivity index (χ0n) is 16.7. The molecule has 0 spiro atoms. The molecule has 0 saturated heterocycles. The fraction of sp³-hybridized carbons (Fsp3) is 0.810. The lowest BCUT2D eigenvalue weighted by Crippen LogP contribution is -2.30. The lowest BCUT2D eigenvalue weighted by atomic mass is 9.86. The van der Waals surface area contributed by atoms with Gasteiger partial charge in [-0.25, -0.2) is 0 Å². The Labute approximate surface area is 162 Å². The zero-order chi connectivity index (χ0) is 20.2. The molecule has 0 radical (unpaired) electrons. The summed E-state index contributed by atoms with van der Waals surface area (Å²) in [6.07, 6.45) is 7.90. The van der Waals surface area contributed by atoms with Crippen molar-refractivity contribution in [2.45, 2.75) is 89.4 Å². The third kappa shape index (κ3) is 8.54. The van der Waals surface area contributed by atoms with Crippen molar-refractivity contribution >= 4 is 11.8 Å². The highest BCUT2D eigenvalue weighted by Crippen LogP contribution is 2.34. The van der Waals surface area contributed by atoms with E-state index in [1.54, 1.807) is 12.2 Å². The van der Waals surface area contributed by atoms with Crippen LogP contribution in [0.5, 0.6) is 0 Å². The number of rotatable bonds is 13. The van der Waals surface area contributed by atoms with E-state index >= 15 is 0 Å². The maximum atomic E-state index is 12.2. The number of ketones is 1. The summed E-state index contributed by atoms with van der Waals surface area (Å²) in [7, 11) is 1.36. The van der Waals surface area contributed by atoms with Crippen molar-refractivity contribution in [1.29, 1.82) is 0 Å². The molecule has 1 rings (SSSR count). The Morgan fingerprint density at radius 1 is 1.19 bits per heavy atom. The van der Waals surface area contributed by atoms with Gasteiger partial charge in [0.2, 0.25) is 0 Å². The van der Waals surface area contributed by atoms with Crippen LogP contribution in [-0.4, -0.2) is 52.5 Å². The normalized spacial score (nSPS) is 25.1. The van der Waals surface area contributed by atoms with Crippen molar-refractivity contribution in [3.05, 3.63) is 12.2 Å². The summed E-state index contributed by atoms with van der Waals surface area (Å²) >= 11 is 0. The second kappa shape index (κ2) is 13.0. The molecule has 5 atom stereocenters. The Hall–Kier alpha value is -1.24. The molecule has 1 saturated carbocycles. The quantitative estimate of drug-likeness (QED) is 0.256. The van der Waals surface area contributed by atoms with Crippen LogP contribution in [0.1, 0.15) is 71.1 Å². The van der Waals surface area contributed by atoms with Gasteiger partial charge in [-0.05, 0) is 19.3 Å². The predicted molar refractivity (Wildman–Crippen MR) is 103 cm³/mol. The highest BCUT2D eigenvalue weighted by molar-refractivity contribution is 5.85. The third-order valence-corrected chi connectivity index (χ3v) is 5.32. The van der Waals surface area contributed by atoms with Crippen LogP contribution in [0.3, 0.4) is 0 Å². The second-order valence-electron chi connectivity index (χ2n) is 7.53. The molecule has 0 aromatic carbocycles. The lowest BCUT2D eigenvalue weighted by molar-refractivity contribution is -0.140. The number of hydrogen-bond acceptors (Lipinski definition) is 6. The Morgan fingerprint density at radius 2 is 1.89 bits per heavy atom. The van der Waals surface area contributed by atoms with Crippen molar-refractivity contribution in [2.24, 2.45) is 11.8 Å². The molecule has 0 bridgehead atoms. The molecule has 0 aromatic rings. The van der Waals surface area contributed by atoms with Crippen LogP contribution in [0.25, 0.3) is 0 Å². The van der Waals surface area contributed by atoms with Gasteiger partial charge in [0.15, 0.2) is 0 Å². The Morgan fingerprint density at radius 3 is 2.56 bits per heavy atom. The van der Waals surface area contributed by atoms with Crippen LogP contribution in [0.15, 0.2) is 12.2 Å². The van der Waals surface area contributed by atoms with Crippen LogP contribution < -0.4 is 0 Å². The fourth-order valence-electron chi connectivity index (χ4n) is 3.69. The minimum absolute atomic E-state index is 0.0466. The van der Waals surface area contributed by atoms with E-state index in [1.165, 1.54) is 7.11 Å². The fourth-order valence-corrected chi connectivity index (χ4v) is 3.69. The number of aliphatic hydroxyl groups excluding tert-OH is 3. The van der Waals surface area contributed by atoms with Crippen molar-refractivity contribution in [2.75, 3.05) is 7.11 Å². The van der Waals surface area contributed by atoms with Gasteiger partial charge in [-0.1, -0.05) is 51.2 Å². The molecule has 27 heavy (non-hydrogen) atoms. The molecule has 0 aromatic heterocycles. The maximum absolute atomic E-state index is 12.2. The van der Waals surface area contributed by atoms with E-state index in [2.05, 4.69) is 11.7 Å². The first-order valence-corrected chi connectivity index (χ1v) is 10.2. The molecule has 156 valence electrons. The van der Waals surface area contributed by atoms with Gasteiger partial charge in [-0.15, -0.1) is 0 Å². The molecule has 1 aliphatic carbocycles. The molecule has 1 aliphatic rings. The summed E-state index contributed by atoms with van der Waals surface area (Å²) in [6.45, 7) is 2.10. The Kier molecular flexibility index (Phi) is 11.5. The van der Waals surface area contributed by atoms with Crippen LogP contribution in [0, 0.1) is 11.8 Å².